The molecule has 0 fully saturated rings. The number of benzene rings is 1. The third-order valence-electron chi connectivity index (χ3n) is 3.22. The number of aromatic nitrogens is 1. The van der Waals surface area contributed by atoms with Crippen molar-refractivity contribution in [3.63, 3.8) is 0 Å². The van der Waals surface area contributed by atoms with Crippen LogP contribution in [0.1, 0.15) is 32.4 Å². The summed E-state index contributed by atoms with van der Waals surface area (Å²) >= 11 is 0. The Labute approximate surface area is 102 Å². The van der Waals surface area contributed by atoms with Crippen LogP contribution in [0.5, 0.6) is 0 Å². The second kappa shape index (κ2) is 4.17. The Balaban J connectivity index is 2.43. The smallest absolute Gasteiger partial charge is 0.0781 e. The first-order chi connectivity index (χ1) is 7.91. The summed E-state index contributed by atoms with van der Waals surface area (Å²) in [5.74, 6) is 0. The molecule has 0 spiro atoms. The van der Waals surface area contributed by atoms with Gasteiger partial charge in [-0.05, 0) is 23.1 Å². The maximum atomic E-state index is 10.3. The summed E-state index contributed by atoms with van der Waals surface area (Å²) in [7, 11) is 0. The number of fused-ring (bicyclic) bond motifs is 1. The fourth-order valence-electron chi connectivity index (χ4n) is 2.11. The number of rotatable bonds is 2. The summed E-state index contributed by atoms with van der Waals surface area (Å²) in [5.41, 5.74) is 8.01. The molecule has 17 heavy (non-hydrogen) atoms. The Kier molecular flexibility index (Phi) is 2.98. The van der Waals surface area contributed by atoms with Crippen molar-refractivity contribution in [3.8, 4) is 0 Å². The number of aliphatic hydroxyl groups is 1. The fourth-order valence-corrected chi connectivity index (χ4v) is 2.11. The van der Waals surface area contributed by atoms with E-state index in [2.05, 4.69) is 4.98 Å². The van der Waals surface area contributed by atoms with Gasteiger partial charge in [-0.2, -0.15) is 0 Å². The minimum absolute atomic E-state index is 0.224. The predicted octanol–water partition coefficient (Wildman–Crippen LogP) is 2.57. The molecule has 4 N–H and O–H groups in total. The third-order valence-corrected chi connectivity index (χ3v) is 3.22. The van der Waals surface area contributed by atoms with Crippen LogP contribution < -0.4 is 5.73 Å². The van der Waals surface area contributed by atoms with Gasteiger partial charge in [0.2, 0.25) is 0 Å². The number of hydrogen-bond donors (Lipinski definition) is 3. The van der Waals surface area contributed by atoms with Gasteiger partial charge in [0.15, 0.2) is 0 Å². The molecule has 0 saturated carbocycles. The second-order valence-corrected chi connectivity index (χ2v) is 5.62. The molecule has 0 aliphatic heterocycles. The minimum atomic E-state index is -0.567. The minimum Gasteiger partial charge on any atom is -0.391 e. The Morgan fingerprint density at radius 1 is 1.24 bits per heavy atom. The Morgan fingerprint density at radius 3 is 2.59 bits per heavy atom. The molecule has 2 rings (SSSR count). The fraction of sp³-hybridized carbons (Fsp3) is 0.429. The van der Waals surface area contributed by atoms with Crippen molar-refractivity contribution in [1.29, 1.82) is 0 Å². The van der Waals surface area contributed by atoms with E-state index in [4.69, 9.17) is 5.73 Å². The van der Waals surface area contributed by atoms with Crippen molar-refractivity contribution in [1.82, 2.24) is 4.98 Å². The number of aliphatic hydroxyl groups excluding tert-OH is 1. The van der Waals surface area contributed by atoms with Crippen molar-refractivity contribution in [2.75, 3.05) is 0 Å². The molecule has 1 heterocycles. The lowest BCUT2D eigenvalue weighted by atomic mass is 9.82. The van der Waals surface area contributed by atoms with E-state index in [1.807, 2.05) is 51.2 Å². The standard InChI is InChI=1S/C14H20N2O/c1-14(2,3)13(17)12(15)10-5-4-6-11-9(10)7-8-16-11/h4-8,12-13,16-17H,15H2,1-3H3/t12-,13-/m0/s1. The molecule has 1 aromatic carbocycles. The molecule has 2 atom stereocenters. The highest BCUT2D eigenvalue weighted by molar-refractivity contribution is 5.83. The van der Waals surface area contributed by atoms with E-state index in [1.165, 1.54) is 0 Å². The zero-order valence-corrected chi connectivity index (χ0v) is 10.6. The number of hydrogen-bond acceptors (Lipinski definition) is 2. The molecule has 3 heteroatoms. The molecular formula is C14H20N2O. The third kappa shape index (κ3) is 2.21. The average molecular weight is 232 g/mol. The van der Waals surface area contributed by atoms with Crippen molar-refractivity contribution in [2.45, 2.75) is 32.9 Å². The molecule has 3 nitrogen and oxygen atoms in total. The van der Waals surface area contributed by atoms with Gasteiger partial charge >= 0.3 is 0 Å². The van der Waals surface area contributed by atoms with Crippen LogP contribution >= 0.6 is 0 Å². The normalized spacial score (nSPS) is 16.1. The van der Waals surface area contributed by atoms with Gasteiger partial charge in [0.25, 0.3) is 0 Å². The number of H-pyrrole nitrogens is 1. The summed E-state index contributed by atoms with van der Waals surface area (Å²) in [6.07, 6.45) is 1.33. The Morgan fingerprint density at radius 2 is 1.94 bits per heavy atom. The van der Waals surface area contributed by atoms with E-state index in [0.29, 0.717) is 0 Å². The van der Waals surface area contributed by atoms with Crippen LogP contribution in [0.2, 0.25) is 0 Å². The van der Waals surface area contributed by atoms with Crippen molar-refractivity contribution in [2.24, 2.45) is 11.1 Å². The van der Waals surface area contributed by atoms with Crippen molar-refractivity contribution in [3.05, 3.63) is 36.0 Å². The van der Waals surface area contributed by atoms with E-state index in [9.17, 15) is 5.11 Å². The Bertz CT molecular complexity index is 510. The summed E-state index contributed by atoms with van der Waals surface area (Å²) < 4.78 is 0. The van der Waals surface area contributed by atoms with Crippen molar-refractivity contribution < 1.29 is 5.11 Å². The largest absolute Gasteiger partial charge is 0.391 e. The molecule has 0 aliphatic carbocycles. The van der Waals surface area contributed by atoms with Gasteiger partial charge in [0, 0.05) is 17.1 Å². The van der Waals surface area contributed by atoms with E-state index in [-0.39, 0.29) is 11.5 Å². The first kappa shape index (κ1) is 12.1. The highest BCUT2D eigenvalue weighted by Crippen LogP contribution is 2.31. The molecule has 0 saturated heterocycles. The summed E-state index contributed by atoms with van der Waals surface area (Å²) in [6.45, 7) is 5.98. The van der Waals surface area contributed by atoms with Crippen LogP contribution in [-0.2, 0) is 0 Å². The van der Waals surface area contributed by atoms with E-state index in [0.717, 1.165) is 16.5 Å². The maximum Gasteiger partial charge on any atom is 0.0781 e. The van der Waals surface area contributed by atoms with Gasteiger partial charge < -0.3 is 15.8 Å². The molecule has 92 valence electrons. The second-order valence-electron chi connectivity index (χ2n) is 5.62. The average Bonchev–Trinajstić information content (AvgIpc) is 2.73. The molecule has 0 radical (unpaired) electrons. The lowest BCUT2D eigenvalue weighted by molar-refractivity contribution is 0.0405. The van der Waals surface area contributed by atoms with Gasteiger partial charge in [-0.25, -0.2) is 0 Å². The molecule has 0 bridgehead atoms. The molecule has 0 amide bonds. The van der Waals surface area contributed by atoms with Gasteiger partial charge in [-0.1, -0.05) is 32.9 Å². The summed E-state index contributed by atoms with van der Waals surface area (Å²) in [5, 5.41) is 11.4. The zero-order valence-electron chi connectivity index (χ0n) is 10.6. The molecule has 0 aliphatic rings. The van der Waals surface area contributed by atoms with Crippen LogP contribution in [0.4, 0.5) is 0 Å². The van der Waals surface area contributed by atoms with Crippen molar-refractivity contribution >= 4 is 10.9 Å². The molecule has 1 aromatic heterocycles. The summed E-state index contributed by atoms with van der Waals surface area (Å²) in [6, 6.07) is 7.59. The number of nitrogens with one attached hydrogen (secondary N) is 1. The first-order valence-corrected chi connectivity index (χ1v) is 5.91. The quantitative estimate of drug-likeness (QED) is 0.745. The van der Waals surface area contributed by atoms with Crippen LogP contribution in [0.15, 0.2) is 30.5 Å². The van der Waals surface area contributed by atoms with Gasteiger partial charge in [0.05, 0.1) is 12.1 Å². The van der Waals surface area contributed by atoms with E-state index >= 15 is 0 Å². The van der Waals surface area contributed by atoms with Gasteiger partial charge in [0.1, 0.15) is 0 Å². The van der Waals surface area contributed by atoms with Crippen LogP contribution in [0.3, 0.4) is 0 Å². The molecule has 2 aromatic rings. The van der Waals surface area contributed by atoms with E-state index < -0.39 is 6.10 Å². The molecule has 0 unspecified atom stereocenters. The first-order valence-electron chi connectivity index (χ1n) is 5.91. The predicted molar refractivity (Wildman–Crippen MR) is 70.7 cm³/mol. The number of nitrogens with two attached hydrogens (primary N) is 1. The van der Waals surface area contributed by atoms with Gasteiger partial charge in [-0.3, -0.25) is 0 Å². The van der Waals surface area contributed by atoms with Gasteiger partial charge in [-0.15, -0.1) is 0 Å². The lowest BCUT2D eigenvalue weighted by Gasteiger charge is -2.31. The Hall–Kier alpha value is -1.32. The monoisotopic (exact) mass is 232 g/mol. The SMILES string of the molecule is CC(C)(C)[C@@H](O)[C@@H](N)c1cccc2[nH]ccc12. The number of aromatic amines is 1. The van der Waals surface area contributed by atoms with Crippen LogP contribution in [0.25, 0.3) is 10.9 Å². The topological polar surface area (TPSA) is 62.0 Å². The van der Waals surface area contributed by atoms with Crippen LogP contribution in [-0.4, -0.2) is 16.2 Å². The van der Waals surface area contributed by atoms with E-state index in [1.54, 1.807) is 0 Å². The lowest BCUT2D eigenvalue weighted by Crippen LogP contribution is -2.37. The maximum absolute atomic E-state index is 10.3. The highest BCUT2D eigenvalue weighted by atomic mass is 16.3. The summed E-state index contributed by atoms with van der Waals surface area (Å²) in [4.78, 5) is 3.16. The zero-order chi connectivity index (χ0) is 12.6. The highest BCUT2D eigenvalue weighted by Gasteiger charge is 2.29. The van der Waals surface area contributed by atoms with Crippen LogP contribution in [0, 0.1) is 5.41 Å². The molecular weight excluding hydrogens is 212 g/mol.